The van der Waals surface area contributed by atoms with Crippen LogP contribution in [0.3, 0.4) is 0 Å². The van der Waals surface area contributed by atoms with Crippen LogP contribution in [-0.4, -0.2) is 6.29 Å². The molecule has 0 heterocycles. The van der Waals surface area contributed by atoms with E-state index >= 15 is 0 Å². The molecule has 0 aromatic heterocycles. The zero-order valence-electron chi connectivity index (χ0n) is 7.21. The van der Waals surface area contributed by atoms with E-state index < -0.39 is 17.3 Å². The molecule has 3 nitrogen and oxygen atoms in total. The smallest absolute Gasteiger partial charge is 0.388 e. The van der Waals surface area contributed by atoms with Gasteiger partial charge < -0.3 is 4.74 Å². The summed E-state index contributed by atoms with van der Waals surface area (Å²) in [7, 11) is 0. The summed E-state index contributed by atoms with van der Waals surface area (Å²) in [5, 5.41) is 8.12. The van der Waals surface area contributed by atoms with Crippen LogP contribution in [0.2, 0.25) is 0 Å². The summed E-state index contributed by atoms with van der Waals surface area (Å²) in [4.78, 5) is 10.3. The summed E-state index contributed by atoms with van der Waals surface area (Å²) in [6.45, 7) is 0. The van der Waals surface area contributed by atoms with Gasteiger partial charge in [-0.25, -0.2) is 0 Å². The zero-order chi connectivity index (χ0) is 11.5. The lowest BCUT2D eigenvalue weighted by Gasteiger charge is -2.09. The van der Waals surface area contributed by atoms with Crippen LogP contribution in [0.15, 0.2) is 18.2 Å². The molecule has 0 aliphatic heterocycles. The first kappa shape index (κ1) is 11.0. The third-order valence-corrected chi connectivity index (χ3v) is 1.62. The Bertz CT molecular complexity index is 420. The number of carbonyl (C=O) groups excluding carboxylic acids is 1. The zero-order valence-corrected chi connectivity index (χ0v) is 7.21. The Morgan fingerprint density at radius 2 is 2.07 bits per heavy atom. The van der Waals surface area contributed by atoms with Crippen molar-refractivity contribution >= 4 is 6.29 Å². The first-order valence-corrected chi connectivity index (χ1v) is 3.71. The number of aldehydes is 1. The molecule has 0 aliphatic carbocycles. The number of rotatable bonds is 2. The molecule has 0 N–H and O–H groups in total. The summed E-state index contributed by atoms with van der Waals surface area (Å²) >= 11 is 0. The van der Waals surface area contributed by atoms with E-state index in [1.54, 1.807) is 0 Å². The second kappa shape index (κ2) is 4.00. The van der Waals surface area contributed by atoms with Gasteiger partial charge in [0.15, 0.2) is 6.29 Å². The third-order valence-electron chi connectivity index (χ3n) is 1.62. The molecule has 15 heavy (non-hydrogen) atoms. The lowest BCUT2D eigenvalue weighted by atomic mass is 10.1. The van der Waals surface area contributed by atoms with Gasteiger partial charge in [-0.1, -0.05) is 0 Å². The van der Waals surface area contributed by atoms with E-state index in [9.17, 15) is 18.0 Å². The molecule has 0 fully saturated rings. The van der Waals surface area contributed by atoms with Crippen LogP contribution in [0.5, 0.6) is 5.75 Å². The molecule has 0 atom stereocenters. The van der Waals surface area contributed by atoms with Gasteiger partial charge in [-0.2, -0.15) is 13.2 Å². The minimum atomic E-state index is -4.65. The van der Waals surface area contributed by atoms with Crippen LogP contribution in [0.25, 0.3) is 0 Å². The van der Waals surface area contributed by atoms with Crippen molar-refractivity contribution in [1.29, 1.82) is 5.26 Å². The van der Waals surface area contributed by atoms with Gasteiger partial charge in [-0.3, -0.25) is 4.79 Å². The van der Waals surface area contributed by atoms with Gasteiger partial charge in [0.1, 0.15) is 5.75 Å². The molecule has 0 bridgehead atoms. The van der Waals surface area contributed by atoms with E-state index in [0.717, 1.165) is 12.1 Å². The van der Waals surface area contributed by atoms with Crippen LogP contribution >= 0.6 is 0 Å². The minimum Gasteiger partial charge on any atom is -0.388 e. The Morgan fingerprint density at radius 3 is 2.53 bits per heavy atom. The van der Waals surface area contributed by atoms with Gasteiger partial charge >= 0.3 is 6.18 Å². The monoisotopic (exact) mass is 215 g/mol. The number of hydrogen-bond donors (Lipinski definition) is 0. The van der Waals surface area contributed by atoms with E-state index in [0.29, 0.717) is 6.07 Å². The molecule has 1 rings (SSSR count). The SMILES string of the molecule is N#COc1ccc(C=O)c(C(F)(F)F)c1. The average molecular weight is 215 g/mol. The molecule has 0 saturated carbocycles. The molecule has 1 aromatic carbocycles. The number of hydrogen-bond acceptors (Lipinski definition) is 3. The average Bonchev–Trinajstić information content (AvgIpc) is 2.17. The van der Waals surface area contributed by atoms with E-state index in [2.05, 4.69) is 4.74 Å². The highest BCUT2D eigenvalue weighted by atomic mass is 19.4. The summed E-state index contributed by atoms with van der Waals surface area (Å²) in [5.41, 5.74) is -1.61. The normalized spacial score (nSPS) is 10.5. The van der Waals surface area contributed by atoms with E-state index in [1.165, 1.54) is 6.26 Å². The number of alkyl halides is 3. The number of ether oxygens (including phenoxy) is 1. The second-order valence-electron chi connectivity index (χ2n) is 2.56. The predicted molar refractivity (Wildman–Crippen MR) is 43.1 cm³/mol. The van der Waals surface area contributed by atoms with Crippen molar-refractivity contribution in [2.24, 2.45) is 0 Å². The highest BCUT2D eigenvalue weighted by molar-refractivity contribution is 5.78. The number of halogens is 3. The summed E-state index contributed by atoms with van der Waals surface area (Å²) < 4.78 is 41.3. The molecule has 0 unspecified atom stereocenters. The number of carbonyl (C=O) groups is 1. The van der Waals surface area contributed by atoms with Gasteiger partial charge in [0.2, 0.25) is 0 Å². The molecule has 0 saturated heterocycles. The fourth-order valence-electron chi connectivity index (χ4n) is 1.000. The van der Waals surface area contributed by atoms with Gasteiger partial charge in [-0.15, -0.1) is 5.26 Å². The van der Waals surface area contributed by atoms with Crippen molar-refractivity contribution in [2.75, 3.05) is 0 Å². The van der Waals surface area contributed by atoms with Crippen molar-refractivity contribution in [1.82, 2.24) is 0 Å². The molecular formula is C9H4F3NO2. The van der Waals surface area contributed by atoms with Crippen LogP contribution in [-0.2, 0) is 6.18 Å². The maximum Gasteiger partial charge on any atom is 0.417 e. The van der Waals surface area contributed by atoms with Gasteiger partial charge in [0, 0.05) is 5.56 Å². The molecule has 0 radical (unpaired) electrons. The van der Waals surface area contributed by atoms with E-state index in [4.69, 9.17) is 5.26 Å². The van der Waals surface area contributed by atoms with Crippen molar-refractivity contribution in [3.05, 3.63) is 29.3 Å². The maximum absolute atomic E-state index is 12.4. The largest absolute Gasteiger partial charge is 0.417 e. The fourth-order valence-corrected chi connectivity index (χ4v) is 1.000. The highest BCUT2D eigenvalue weighted by Crippen LogP contribution is 2.33. The second-order valence-corrected chi connectivity index (χ2v) is 2.56. The molecule has 0 amide bonds. The van der Waals surface area contributed by atoms with Gasteiger partial charge in [0.05, 0.1) is 5.56 Å². The Morgan fingerprint density at radius 1 is 1.40 bits per heavy atom. The third kappa shape index (κ3) is 2.47. The molecular weight excluding hydrogens is 211 g/mol. The van der Waals surface area contributed by atoms with Gasteiger partial charge in [0.25, 0.3) is 6.26 Å². The molecule has 0 spiro atoms. The lowest BCUT2D eigenvalue weighted by molar-refractivity contribution is -0.137. The summed E-state index contributed by atoms with van der Waals surface area (Å²) in [5.74, 6) is -0.254. The van der Waals surface area contributed by atoms with Gasteiger partial charge in [-0.05, 0) is 18.2 Å². The van der Waals surface area contributed by atoms with Crippen LogP contribution in [0, 0.1) is 11.5 Å². The van der Waals surface area contributed by atoms with Crippen LogP contribution in [0.4, 0.5) is 13.2 Å². The first-order valence-electron chi connectivity index (χ1n) is 3.71. The molecule has 1 aromatic rings. The van der Waals surface area contributed by atoms with E-state index in [-0.39, 0.29) is 12.0 Å². The number of benzene rings is 1. The standard InChI is InChI=1S/C9H4F3NO2/c10-9(11,12)8-3-7(15-5-13)2-1-6(8)4-14/h1-4H. The number of nitrogens with zero attached hydrogens (tertiary/aromatic N) is 1. The minimum absolute atomic E-state index is 0.0962. The van der Waals surface area contributed by atoms with E-state index in [1.807, 2.05) is 0 Å². The molecule has 78 valence electrons. The fraction of sp³-hybridized carbons (Fsp3) is 0.111. The summed E-state index contributed by atoms with van der Waals surface area (Å²) in [6.07, 6.45) is -3.31. The summed E-state index contributed by atoms with van der Waals surface area (Å²) in [6, 6.07) is 2.66. The Kier molecular flexibility index (Phi) is 2.95. The Balaban J connectivity index is 3.27. The molecule has 0 aliphatic rings. The molecule has 6 heteroatoms. The predicted octanol–water partition coefficient (Wildman–Crippen LogP) is 2.38. The Hall–Kier alpha value is -2.03. The topological polar surface area (TPSA) is 50.1 Å². The van der Waals surface area contributed by atoms with Crippen molar-refractivity contribution in [3.63, 3.8) is 0 Å². The quantitative estimate of drug-likeness (QED) is 0.562. The first-order chi connectivity index (χ1) is 6.99. The van der Waals surface area contributed by atoms with Crippen molar-refractivity contribution < 1.29 is 22.7 Å². The van der Waals surface area contributed by atoms with Crippen LogP contribution < -0.4 is 4.74 Å². The van der Waals surface area contributed by atoms with Crippen molar-refractivity contribution in [3.8, 4) is 12.0 Å². The highest BCUT2D eigenvalue weighted by Gasteiger charge is 2.33. The Labute approximate surface area is 82.7 Å². The van der Waals surface area contributed by atoms with Crippen LogP contribution in [0.1, 0.15) is 15.9 Å². The van der Waals surface area contributed by atoms with Crippen molar-refractivity contribution in [2.45, 2.75) is 6.18 Å². The lowest BCUT2D eigenvalue weighted by Crippen LogP contribution is -2.08. The maximum atomic E-state index is 12.4. The number of nitriles is 1.